The van der Waals surface area contributed by atoms with Gasteiger partial charge < -0.3 is 4.42 Å². The Hall–Kier alpha value is -1.56. The average molecular weight is 267 g/mol. The zero-order chi connectivity index (χ0) is 13.1. The van der Waals surface area contributed by atoms with Gasteiger partial charge in [-0.1, -0.05) is 0 Å². The van der Waals surface area contributed by atoms with E-state index < -0.39 is 17.4 Å². The molecule has 2 amide bonds. The molecule has 2 rings (SSSR count). The number of amides is 2. The number of fused-ring (bicyclic) bond motifs is 1. The van der Waals surface area contributed by atoms with Gasteiger partial charge in [-0.15, -0.1) is 0 Å². The molecule has 1 aromatic rings. The highest BCUT2D eigenvalue weighted by Gasteiger charge is 2.27. The van der Waals surface area contributed by atoms with Crippen molar-refractivity contribution in [3.63, 3.8) is 0 Å². The molecule has 96 valence electrons. The Kier molecular flexibility index (Phi) is 3.86. The first-order valence-corrected chi connectivity index (χ1v) is 7.00. The predicted octanol–water partition coefficient (Wildman–Crippen LogP) is 0.748. The summed E-state index contributed by atoms with van der Waals surface area (Å²) in [5.41, 5.74) is 0.519. The van der Waals surface area contributed by atoms with Crippen molar-refractivity contribution in [2.24, 2.45) is 0 Å². The first-order chi connectivity index (χ1) is 8.61. The van der Waals surface area contributed by atoms with E-state index in [2.05, 4.69) is 5.32 Å². The third kappa shape index (κ3) is 2.64. The van der Waals surface area contributed by atoms with Crippen molar-refractivity contribution >= 4 is 23.6 Å². The van der Waals surface area contributed by atoms with Gasteiger partial charge in [0.05, 0.1) is 12.0 Å². The van der Waals surface area contributed by atoms with E-state index in [9.17, 15) is 14.4 Å². The summed E-state index contributed by atoms with van der Waals surface area (Å²) < 4.78 is 4.95. The van der Waals surface area contributed by atoms with Crippen LogP contribution in [0, 0.1) is 0 Å². The molecule has 0 unspecified atom stereocenters. The Bertz CT molecular complexity index is 549. The van der Waals surface area contributed by atoms with Crippen molar-refractivity contribution < 1.29 is 14.0 Å². The van der Waals surface area contributed by atoms with Gasteiger partial charge in [-0.05, 0) is 30.4 Å². The monoisotopic (exact) mass is 267 g/mol. The standard InChI is InChI=1S/C12H13NO4S/c1-18-4-2-3-7-5-10(15)17-8-6-9(14)13-12(16)11(7)8/h5H,2-4,6H2,1H3,(H,13,14,16). The van der Waals surface area contributed by atoms with Gasteiger partial charge in [-0.3, -0.25) is 14.9 Å². The second-order valence-electron chi connectivity index (χ2n) is 4.04. The maximum absolute atomic E-state index is 11.8. The number of rotatable bonds is 4. The van der Waals surface area contributed by atoms with Crippen LogP contribution < -0.4 is 10.9 Å². The summed E-state index contributed by atoms with van der Waals surface area (Å²) in [7, 11) is 0. The zero-order valence-corrected chi connectivity index (χ0v) is 10.8. The van der Waals surface area contributed by atoms with Crippen molar-refractivity contribution in [3.05, 3.63) is 33.4 Å². The molecule has 0 saturated carbocycles. The van der Waals surface area contributed by atoms with Gasteiger partial charge in [-0.2, -0.15) is 11.8 Å². The molecule has 1 aliphatic rings. The van der Waals surface area contributed by atoms with Gasteiger partial charge in [0.1, 0.15) is 5.76 Å². The molecule has 1 aromatic heterocycles. The minimum Gasteiger partial charge on any atom is -0.426 e. The molecule has 0 aromatic carbocycles. The van der Waals surface area contributed by atoms with Crippen LogP contribution >= 0.6 is 11.8 Å². The van der Waals surface area contributed by atoms with E-state index in [4.69, 9.17) is 4.42 Å². The molecular formula is C12H13NO4S. The molecule has 0 bridgehead atoms. The van der Waals surface area contributed by atoms with Crippen molar-refractivity contribution in [1.29, 1.82) is 0 Å². The van der Waals surface area contributed by atoms with E-state index in [0.717, 1.165) is 12.2 Å². The topological polar surface area (TPSA) is 76.4 Å². The summed E-state index contributed by atoms with van der Waals surface area (Å²) >= 11 is 1.71. The van der Waals surface area contributed by atoms with Gasteiger partial charge in [0, 0.05) is 6.07 Å². The molecule has 0 fully saturated rings. The van der Waals surface area contributed by atoms with E-state index in [0.29, 0.717) is 17.5 Å². The summed E-state index contributed by atoms with van der Waals surface area (Å²) in [5.74, 6) is 0.242. The number of hydrogen-bond acceptors (Lipinski definition) is 5. The zero-order valence-electron chi connectivity index (χ0n) is 9.95. The summed E-state index contributed by atoms with van der Waals surface area (Å²) in [6.07, 6.45) is 3.46. The highest BCUT2D eigenvalue weighted by molar-refractivity contribution is 7.98. The Balaban J connectivity index is 2.37. The van der Waals surface area contributed by atoms with Gasteiger partial charge in [0.15, 0.2) is 0 Å². The van der Waals surface area contributed by atoms with Crippen LogP contribution in [0.25, 0.3) is 0 Å². The summed E-state index contributed by atoms with van der Waals surface area (Å²) in [6, 6.07) is 1.34. The summed E-state index contributed by atoms with van der Waals surface area (Å²) in [6.45, 7) is 0. The second-order valence-corrected chi connectivity index (χ2v) is 5.02. The van der Waals surface area contributed by atoms with Crippen molar-refractivity contribution in [1.82, 2.24) is 5.32 Å². The molecule has 1 N–H and O–H groups in total. The van der Waals surface area contributed by atoms with Crippen molar-refractivity contribution in [3.8, 4) is 0 Å². The SMILES string of the molecule is CSCCCc1cc(=O)oc2c1C(=O)NC(=O)C2. The largest absolute Gasteiger partial charge is 0.426 e. The molecule has 0 aliphatic carbocycles. The lowest BCUT2D eigenvalue weighted by Gasteiger charge is -2.16. The van der Waals surface area contributed by atoms with E-state index in [1.165, 1.54) is 6.07 Å². The third-order valence-electron chi connectivity index (χ3n) is 2.71. The van der Waals surface area contributed by atoms with E-state index in [-0.39, 0.29) is 12.2 Å². The Labute approximate surface area is 108 Å². The minimum absolute atomic E-state index is 0.0489. The van der Waals surface area contributed by atoms with Crippen LogP contribution in [0.4, 0.5) is 0 Å². The fourth-order valence-corrected chi connectivity index (χ4v) is 2.41. The van der Waals surface area contributed by atoms with Crippen LogP contribution in [0.3, 0.4) is 0 Å². The Morgan fingerprint density at radius 2 is 2.17 bits per heavy atom. The molecule has 1 aliphatic heterocycles. The normalized spacial score (nSPS) is 14.3. The Morgan fingerprint density at radius 1 is 1.39 bits per heavy atom. The van der Waals surface area contributed by atoms with Crippen LogP contribution in [0.15, 0.2) is 15.3 Å². The van der Waals surface area contributed by atoms with Crippen molar-refractivity contribution in [2.75, 3.05) is 12.0 Å². The van der Waals surface area contributed by atoms with Crippen LogP contribution in [-0.4, -0.2) is 23.8 Å². The molecule has 5 nitrogen and oxygen atoms in total. The average Bonchev–Trinajstić information content (AvgIpc) is 2.27. The maximum atomic E-state index is 11.8. The number of imide groups is 1. The van der Waals surface area contributed by atoms with E-state index >= 15 is 0 Å². The molecule has 0 spiro atoms. The molecule has 2 heterocycles. The fourth-order valence-electron chi connectivity index (χ4n) is 1.98. The molecule has 0 radical (unpaired) electrons. The van der Waals surface area contributed by atoms with Crippen LogP contribution in [0.5, 0.6) is 0 Å². The van der Waals surface area contributed by atoms with Crippen LogP contribution in [-0.2, 0) is 17.6 Å². The van der Waals surface area contributed by atoms with E-state index in [1.807, 2.05) is 6.26 Å². The quantitative estimate of drug-likeness (QED) is 0.643. The van der Waals surface area contributed by atoms with Crippen molar-refractivity contribution in [2.45, 2.75) is 19.3 Å². The highest BCUT2D eigenvalue weighted by Crippen LogP contribution is 2.19. The number of carbonyl (C=O) groups excluding carboxylic acids is 2. The number of carbonyl (C=O) groups is 2. The molecule has 6 heteroatoms. The van der Waals surface area contributed by atoms with Gasteiger partial charge >= 0.3 is 5.63 Å². The Morgan fingerprint density at radius 3 is 2.89 bits per heavy atom. The fraction of sp³-hybridized carbons (Fsp3) is 0.417. The first kappa shape index (κ1) is 12.9. The maximum Gasteiger partial charge on any atom is 0.336 e. The summed E-state index contributed by atoms with van der Waals surface area (Å²) in [4.78, 5) is 34.4. The highest BCUT2D eigenvalue weighted by atomic mass is 32.2. The molecule has 0 atom stereocenters. The number of aryl methyl sites for hydroxylation is 1. The van der Waals surface area contributed by atoms with Gasteiger partial charge in [-0.25, -0.2) is 4.79 Å². The number of thioether (sulfide) groups is 1. The predicted molar refractivity (Wildman–Crippen MR) is 67.9 cm³/mol. The number of hydrogen-bond donors (Lipinski definition) is 1. The van der Waals surface area contributed by atoms with Gasteiger partial charge in [0.2, 0.25) is 5.91 Å². The lowest BCUT2D eigenvalue weighted by molar-refractivity contribution is -0.120. The second kappa shape index (κ2) is 5.39. The van der Waals surface area contributed by atoms with Crippen LogP contribution in [0.2, 0.25) is 0 Å². The lowest BCUT2D eigenvalue weighted by Crippen LogP contribution is -2.38. The lowest BCUT2D eigenvalue weighted by atomic mass is 9.99. The smallest absolute Gasteiger partial charge is 0.336 e. The molecule has 0 saturated heterocycles. The van der Waals surface area contributed by atoms with Gasteiger partial charge in [0.25, 0.3) is 5.91 Å². The molecule has 18 heavy (non-hydrogen) atoms. The molecular weight excluding hydrogens is 254 g/mol. The first-order valence-electron chi connectivity index (χ1n) is 5.61. The van der Waals surface area contributed by atoms with E-state index in [1.54, 1.807) is 11.8 Å². The summed E-state index contributed by atoms with van der Waals surface area (Å²) in [5, 5.41) is 2.24. The minimum atomic E-state index is -0.504. The number of nitrogens with one attached hydrogen (secondary N) is 1. The third-order valence-corrected chi connectivity index (χ3v) is 3.41. The van der Waals surface area contributed by atoms with Crippen LogP contribution in [0.1, 0.15) is 28.1 Å².